The summed E-state index contributed by atoms with van der Waals surface area (Å²) in [7, 11) is 0. The van der Waals surface area contributed by atoms with Gasteiger partial charge in [-0.15, -0.1) is 0 Å². The summed E-state index contributed by atoms with van der Waals surface area (Å²) in [5, 5.41) is 0. The van der Waals surface area contributed by atoms with Gasteiger partial charge in [0.25, 0.3) is 0 Å². The maximum absolute atomic E-state index is 5.59. The highest BCUT2D eigenvalue weighted by atomic mass is 79.9. The normalized spacial score (nSPS) is 11.5. The van der Waals surface area contributed by atoms with Crippen LogP contribution in [0.25, 0.3) is 0 Å². The Kier molecular flexibility index (Phi) is 4.14. The van der Waals surface area contributed by atoms with Crippen molar-refractivity contribution < 1.29 is 4.74 Å². The van der Waals surface area contributed by atoms with Crippen molar-refractivity contribution in [2.24, 2.45) is 5.41 Å². The molecule has 0 radical (unpaired) electrons. The summed E-state index contributed by atoms with van der Waals surface area (Å²) in [6.07, 6.45) is 1.03. The Hall–Kier alpha value is -0.570. The van der Waals surface area contributed by atoms with Gasteiger partial charge in [-0.2, -0.15) is 0 Å². The SMILES string of the molecule is Cc1nc(OCCC(C)(C)C)ccc1Br. The molecule has 0 atom stereocenters. The van der Waals surface area contributed by atoms with Gasteiger partial charge in [0, 0.05) is 10.5 Å². The van der Waals surface area contributed by atoms with E-state index in [2.05, 4.69) is 41.7 Å². The van der Waals surface area contributed by atoms with E-state index >= 15 is 0 Å². The van der Waals surface area contributed by atoms with Crippen LogP contribution in [0.5, 0.6) is 5.88 Å². The van der Waals surface area contributed by atoms with Crippen molar-refractivity contribution in [3.8, 4) is 5.88 Å². The Labute approximate surface area is 100 Å². The maximum Gasteiger partial charge on any atom is 0.213 e. The molecular weight excluding hydrogens is 254 g/mol. The van der Waals surface area contributed by atoms with Gasteiger partial charge in [-0.3, -0.25) is 0 Å². The van der Waals surface area contributed by atoms with E-state index in [0.29, 0.717) is 11.3 Å². The second-order valence-corrected chi connectivity index (χ2v) is 5.73. The zero-order valence-electron chi connectivity index (χ0n) is 9.80. The van der Waals surface area contributed by atoms with Gasteiger partial charge in [-0.25, -0.2) is 4.98 Å². The number of hydrogen-bond donors (Lipinski definition) is 0. The minimum Gasteiger partial charge on any atom is -0.478 e. The van der Waals surface area contributed by atoms with E-state index in [0.717, 1.165) is 23.2 Å². The van der Waals surface area contributed by atoms with Gasteiger partial charge in [0.2, 0.25) is 5.88 Å². The molecule has 1 aromatic rings. The van der Waals surface area contributed by atoms with Crippen LogP contribution in [0.2, 0.25) is 0 Å². The van der Waals surface area contributed by atoms with Crippen LogP contribution in [0.3, 0.4) is 0 Å². The molecule has 0 spiro atoms. The highest BCUT2D eigenvalue weighted by molar-refractivity contribution is 9.10. The van der Waals surface area contributed by atoms with Gasteiger partial charge in [0.1, 0.15) is 0 Å². The molecule has 0 aliphatic rings. The van der Waals surface area contributed by atoms with E-state index < -0.39 is 0 Å². The lowest BCUT2D eigenvalue weighted by Crippen LogP contribution is -2.11. The van der Waals surface area contributed by atoms with Crippen LogP contribution >= 0.6 is 15.9 Å². The lowest BCUT2D eigenvalue weighted by molar-refractivity contribution is 0.236. The van der Waals surface area contributed by atoms with Crippen molar-refractivity contribution >= 4 is 15.9 Å². The number of aromatic nitrogens is 1. The Balaban J connectivity index is 2.48. The van der Waals surface area contributed by atoms with Crippen LogP contribution in [-0.4, -0.2) is 11.6 Å². The minimum absolute atomic E-state index is 0.310. The molecule has 0 aliphatic carbocycles. The summed E-state index contributed by atoms with van der Waals surface area (Å²) < 4.78 is 6.61. The van der Waals surface area contributed by atoms with E-state index in [-0.39, 0.29) is 0 Å². The molecule has 0 N–H and O–H groups in total. The van der Waals surface area contributed by atoms with Crippen LogP contribution in [0, 0.1) is 12.3 Å². The molecule has 0 fully saturated rings. The Bertz CT molecular complexity index is 331. The molecule has 3 heteroatoms. The molecule has 2 nitrogen and oxygen atoms in total. The first-order valence-electron chi connectivity index (χ1n) is 5.14. The summed E-state index contributed by atoms with van der Waals surface area (Å²) in [5.74, 6) is 0.708. The van der Waals surface area contributed by atoms with Gasteiger partial charge in [0.05, 0.1) is 12.3 Å². The van der Waals surface area contributed by atoms with Crippen molar-refractivity contribution in [3.63, 3.8) is 0 Å². The number of hydrogen-bond acceptors (Lipinski definition) is 2. The average Bonchev–Trinajstić information content (AvgIpc) is 2.09. The smallest absolute Gasteiger partial charge is 0.213 e. The fraction of sp³-hybridized carbons (Fsp3) is 0.583. The third-order valence-electron chi connectivity index (χ3n) is 2.10. The Morgan fingerprint density at radius 1 is 1.33 bits per heavy atom. The van der Waals surface area contributed by atoms with Gasteiger partial charge in [0.15, 0.2) is 0 Å². The molecule has 84 valence electrons. The molecular formula is C12H18BrNO. The molecule has 0 bridgehead atoms. The molecule has 15 heavy (non-hydrogen) atoms. The first-order valence-corrected chi connectivity index (χ1v) is 5.94. The molecule has 0 unspecified atom stereocenters. The Morgan fingerprint density at radius 2 is 2.00 bits per heavy atom. The maximum atomic E-state index is 5.59. The number of aryl methyl sites for hydroxylation is 1. The third-order valence-corrected chi connectivity index (χ3v) is 2.94. The van der Waals surface area contributed by atoms with E-state index in [9.17, 15) is 0 Å². The molecule has 1 heterocycles. The topological polar surface area (TPSA) is 22.1 Å². The fourth-order valence-corrected chi connectivity index (χ4v) is 1.28. The summed E-state index contributed by atoms with van der Waals surface area (Å²) in [6, 6.07) is 3.86. The highest BCUT2D eigenvalue weighted by Gasteiger charge is 2.10. The number of nitrogens with zero attached hydrogens (tertiary/aromatic N) is 1. The number of ether oxygens (including phenoxy) is 1. The van der Waals surface area contributed by atoms with E-state index in [1.54, 1.807) is 0 Å². The van der Waals surface area contributed by atoms with Crippen LogP contribution in [0.4, 0.5) is 0 Å². The molecule has 0 aromatic carbocycles. The predicted octanol–water partition coefficient (Wildman–Crippen LogP) is 3.97. The zero-order chi connectivity index (χ0) is 11.5. The molecule has 1 rings (SSSR count). The zero-order valence-corrected chi connectivity index (χ0v) is 11.4. The van der Waals surface area contributed by atoms with Crippen LogP contribution in [0.1, 0.15) is 32.9 Å². The van der Waals surface area contributed by atoms with Crippen molar-refractivity contribution in [1.29, 1.82) is 0 Å². The number of halogens is 1. The number of pyridine rings is 1. The highest BCUT2D eigenvalue weighted by Crippen LogP contribution is 2.20. The van der Waals surface area contributed by atoms with Crippen molar-refractivity contribution in [3.05, 3.63) is 22.3 Å². The van der Waals surface area contributed by atoms with E-state index in [4.69, 9.17) is 4.74 Å². The summed E-state index contributed by atoms with van der Waals surface area (Å²) in [5.41, 5.74) is 1.27. The fourth-order valence-electron chi connectivity index (χ4n) is 1.06. The summed E-state index contributed by atoms with van der Waals surface area (Å²) in [6.45, 7) is 9.29. The van der Waals surface area contributed by atoms with Gasteiger partial charge in [-0.05, 0) is 40.8 Å². The third kappa shape index (κ3) is 4.65. The van der Waals surface area contributed by atoms with Crippen LogP contribution in [0.15, 0.2) is 16.6 Å². The lowest BCUT2D eigenvalue weighted by Gasteiger charge is -2.17. The standard InChI is InChI=1S/C12H18BrNO/c1-9-10(13)5-6-11(14-9)15-8-7-12(2,3)4/h5-6H,7-8H2,1-4H3. The van der Waals surface area contributed by atoms with Crippen molar-refractivity contribution in [2.45, 2.75) is 34.1 Å². The Morgan fingerprint density at radius 3 is 2.53 bits per heavy atom. The quantitative estimate of drug-likeness (QED) is 0.830. The van der Waals surface area contributed by atoms with E-state index in [1.807, 2.05) is 19.1 Å². The number of rotatable bonds is 3. The first kappa shape index (κ1) is 12.5. The average molecular weight is 272 g/mol. The van der Waals surface area contributed by atoms with Crippen molar-refractivity contribution in [1.82, 2.24) is 4.98 Å². The molecule has 0 saturated carbocycles. The molecule has 0 amide bonds. The van der Waals surface area contributed by atoms with Crippen LogP contribution < -0.4 is 4.74 Å². The molecule has 1 aromatic heterocycles. The first-order chi connectivity index (χ1) is 6.88. The molecule has 0 saturated heterocycles. The van der Waals surface area contributed by atoms with Gasteiger partial charge < -0.3 is 4.74 Å². The lowest BCUT2D eigenvalue weighted by atomic mass is 9.93. The van der Waals surface area contributed by atoms with Crippen LogP contribution in [-0.2, 0) is 0 Å². The monoisotopic (exact) mass is 271 g/mol. The van der Waals surface area contributed by atoms with E-state index in [1.165, 1.54) is 0 Å². The largest absolute Gasteiger partial charge is 0.478 e. The predicted molar refractivity (Wildman–Crippen MR) is 66.2 cm³/mol. The van der Waals surface area contributed by atoms with Gasteiger partial charge >= 0.3 is 0 Å². The van der Waals surface area contributed by atoms with Gasteiger partial charge in [-0.1, -0.05) is 20.8 Å². The van der Waals surface area contributed by atoms with Crippen molar-refractivity contribution in [2.75, 3.05) is 6.61 Å². The summed E-state index contributed by atoms with van der Waals surface area (Å²) >= 11 is 3.41. The minimum atomic E-state index is 0.310. The second-order valence-electron chi connectivity index (χ2n) is 4.88. The second kappa shape index (κ2) is 4.97. The summed E-state index contributed by atoms with van der Waals surface area (Å²) in [4.78, 5) is 4.32. The molecule has 0 aliphatic heterocycles.